The summed E-state index contributed by atoms with van der Waals surface area (Å²) < 4.78 is 299. The van der Waals surface area contributed by atoms with E-state index in [0.29, 0.717) is 10.9 Å². The third-order valence-corrected chi connectivity index (χ3v) is 9.47. The van der Waals surface area contributed by atoms with Gasteiger partial charge in [-0.25, -0.2) is 87.8 Å². The fourth-order valence-corrected chi connectivity index (χ4v) is 6.97. The lowest BCUT2D eigenvalue weighted by molar-refractivity contribution is 0.317. The van der Waals surface area contributed by atoms with Gasteiger partial charge in [0.05, 0.1) is 19.1 Å². The molecule has 318 valence electrons. The van der Waals surface area contributed by atoms with Crippen molar-refractivity contribution in [3.63, 3.8) is 0 Å². The van der Waals surface area contributed by atoms with Gasteiger partial charge in [-0.1, -0.05) is 19.1 Å². The van der Waals surface area contributed by atoms with Gasteiger partial charge in [0, 0.05) is 5.56 Å². The van der Waals surface area contributed by atoms with Crippen molar-refractivity contribution in [2.24, 2.45) is 0 Å². The molecule has 59 heavy (non-hydrogen) atoms. The topological polar surface area (TPSA) is 9.23 Å². The highest BCUT2D eigenvalue weighted by Crippen LogP contribution is 2.30. The molecule has 0 atom stereocenters. The summed E-state index contributed by atoms with van der Waals surface area (Å²) in [5.41, 5.74) is -12.9. The molecule has 0 N–H and O–H groups in total. The van der Waals surface area contributed by atoms with Crippen LogP contribution < -0.4 is 26.6 Å². The van der Waals surface area contributed by atoms with Crippen LogP contribution >= 0.6 is 0 Å². The molecule has 23 heteroatoms. The van der Waals surface area contributed by atoms with Crippen LogP contribution in [0.15, 0.2) is 24.3 Å². The number of ether oxygens (including phenoxy) is 1. The number of benzene rings is 5. The van der Waals surface area contributed by atoms with E-state index in [1.165, 1.54) is 11.3 Å². The van der Waals surface area contributed by atoms with E-state index in [4.69, 9.17) is 4.74 Å². The van der Waals surface area contributed by atoms with E-state index < -0.39 is 144 Å². The second-order valence-corrected chi connectivity index (χ2v) is 14.7. The molecule has 1 nitrogen and oxygen atoms in total. The van der Waals surface area contributed by atoms with Crippen molar-refractivity contribution < 1.29 is 92.5 Å². The number of halogens is 20. The number of hydrogen-bond donors (Lipinski definition) is 0. The smallest absolute Gasteiger partial charge is 0.200 e. The van der Waals surface area contributed by atoms with Crippen LogP contribution in [0.3, 0.4) is 0 Å². The van der Waals surface area contributed by atoms with Gasteiger partial charge in [-0.15, -0.1) is 21.9 Å². The van der Waals surface area contributed by atoms with Crippen molar-refractivity contribution in [2.45, 2.75) is 19.1 Å². The van der Waals surface area contributed by atoms with Crippen molar-refractivity contribution >= 4 is 38.9 Å². The van der Waals surface area contributed by atoms with Gasteiger partial charge in [-0.3, -0.25) is 0 Å². The zero-order valence-electron chi connectivity index (χ0n) is 29.4. The zero-order chi connectivity index (χ0) is 44.7. The van der Waals surface area contributed by atoms with Gasteiger partial charge in [0.2, 0.25) is 0 Å². The largest absolute Gasteiger partial charge is 0.494 e. The van der Waals surface area contributed by atoms with Crippen LogP contribution in [0.2, 0.25) is 0 Å². The molecular weight excluding hydrogens is 871 g/mol. The standard InChI is InChI=1S/C24BF20.C12H19OS/c26-5-1(6(27)14(35)21(42)13(5)34)25(2-7(28)15(36)22(43)16(37)8(2)29,3-9(30)17(38)23(44)18(39)10(3)31)4-11(32)19(40)24(45)20(41)12(4)33;1-4-9-13-12-7-5-11(6-8-12)10-14(2)3/h;5-8H,4,9-10H2,1-3H3/q-1;+1. The maximum Gasteiger partial charge on any atom is 0.200 e. The monoisotopic (exact) mass is 890 g/mol. The molecule has 0 heterocycles. The summed E-state index contributed by atoms with van der Waals surface area (Å²) in [5, 5.41) is 0. The molecule has 0 saturated heterocycles. The van der Waals surface area contributed by atoms with Gasteiger partial charge in [0.1, 0.15) is 64.2 Å². The second-order valence-electron chi connectivity index (χ2n) is 12.4. The molecular formula is C36H19BF20OS. The molecule has 0 aliphatic rings. The third-order valence-electron chi connectivity index (χ3n) is 8.56. The van der Waals surface area contributed by atoms with Crippen LogP contribution in [0.1, 0.15) is 18.9 Å². The molecule has 0 spiro atoms. The first-order chi connectivity index (χ1) is 27.4. The highest BCUT2D eigenvalue weighted by molar-refractivity contribution is 7.94. The minimum absolute atomic E-state index is 0.481. The normalized spacial score (nSPS) is 11.7. The lowest BCUT2D eigenvalue weighted by atomic mass is 9.12. The second kappa shape index (κ2) is 17.6. The minimum Gasteiger partial charge on any atom is -0.494 e. The highest BCUT2D eigenvalue weighted by atomic mass is 32.2. The van der Waals surface area contributed by atoms with E-state index in [-0.39, 0.29) is 0 Å². The molecule has 0 amide bonds. The predicted octanol–water partition coefficient (Wildman–Crippen LogP) is 8.70. The highest BCUT2D eigenvalue weighted by Gasteiger charge is 2.52. The van der Waals surface area contributed by atoms with Gasteiger partial charge in [0.25, 0.3) is 0 Å². The Balaban J connectivity index is 0.000000464. The Hall–Kier alpha value is -5.09. The van der Waals surface area contributed by atoms with E-state index in [9.17, 15) is 52.7 Å². The van der Waals surface area contributed by atoms with Gasteiger partial charge >= 0.3 is 0 Å². The fourth-order valence-electron chi connectivity index (χ4n) is 6.11. The van der Waals surface area contributed by atoms with Crippen molar-refractivity contribution in [1.82, 2.24) is 0 Å². The molecule has 0 radical (unpaired) electrons. The van der Waals surface area contributed by atoms with E-state index in [1.54, 1.807) is 0 Å². The first-order valence-corrected chi connectivity index (χ1v) is 18.1. The van der Waals surface area contributed by atoms with Crippen molar-refractivity contribution in [2.75, 3.05) is 19.1 Å². The lowest BCUT2D eigenvalue weighted by Crippen LogP contribution is -2.81. The van der Waals surface area contributed by atoms with Crippen LogP contribution in [0, 0.1) is 116 Å². The fraction of sp³-hybridized carbons (Fsp3) is 0.167. The summed E-state index contributed by atoms with van der Waals surface area (Å²) in [6, 6.07) is 8.46. The van der Waals surface area contributed by atoms with Crippen LogP contribution in [0.5, 0.6) is 5.75 Å². The van der Waals surface area contributed by atoms with Crippen LogP contribution in [0.25, 0.3) is 0 Å². The summed E-state index contributed by atoms with van der Waals surface area (Å²) in [5.74, 6) is -69.2. The molecule has 5 aromatic rings. The summed E-state index contributed by atoms with van der Waals surface area (Å²) >= 11 is 0. The van der Waals surface area contributed by atoms with E-state index in [1.807, 2.05) is 0 Å². The summed E-state index contributed by atoms with van der Waals surface area (Å²) in [6.45, 7) is 2.93. The van der Waals surface area contributed by atoms with Gasteiger partial charge in [0.15, 0.2) is 69.8 Å². The molecule has 0 saturated carbocycles. The maximum absolute atomic E-state index is 15.4. The Labute approximate surface area is 321 Å². The zero-order valence-corrected chi connectivity index (χ0v) is 30.2. The van der Waals surface area contributed by atoms with Gasteiger partial charge < -0.3 is 4.74 Å². The quantitative estimate of drug-likeness (QED) is 0.0474. The maximum atomic E-state index is 15.4. The molecule has 0 bridgehead atoms. The Morgan fingerprint density at radius 1 is 0.373 bits per heavy atom. The Kier molecular flexibility index (Phi) is 13.9. The molecule has 0 aliphatic carbocycles. The minimum atomic E-state index is -7.22. The molecule has 0 aromatic heterocycles. The first kappa shape index (κ1) is 46.6. The predicted molar refractivity (Wildman–Crippen MR) is 174 cm³/mol. The van der Waals surface area contributed by atoms with Crippen molar-refractivity contribution in [3.05, 3.63) is 146 Å². The van der Waals surface area contributed by atoms with Crippen LogP contribution in [0.4, 0.5) is 87.8 Å². The molecule has 0 aliphatic heterocycles. The van der Waals surface area contributed by atoms with Crippen molar-refractivity contribution in [3.8, 4) is 5.75 Å². The third kappa shape index (κ3) is 7.76. The van der Waals surface area contributed by atoms with Crippen molar-refractivity contribution in [1.29, 1.82) is 0 Å². The lowest BCUT2D eigenvalue weighted by Gasteiger charge is -2.44. The average molecular weight is 890 g/mol. The SMILES string of the molecule is CCCOc1ccc(C[S+](C)C)cc1.Fc1c(F)c(F)c([B-](c2c(F)c(F)c(F)c(F)c2F)(c2c(F)c(F)c(F)c(F)c2F)c2c(F)c(F)c(F)c(F)c2F)c(F)c1F. The number of rotatable bonds is 9. The van der Waals surface area contributed by atoms with Crippen LogP contribution in [-0.2, 0) is 16.6 Å². The Morgan fingerprint density at radius 2 is 0.593 bits per heavy atom. The van der Waals surface area contributed by atoms with Gasteiger partial charge in [-0.2, -0.15) is 0 Å². The Morgan fingerprint density at radius 3 is 0.797 bits per heavy atom. The summed E-state index contributed by atoms with van der Waals surface area (Å²) in [4.78, 5) is 0. The van der Waals surface area contributed by atoms with Gasteiger partial charge in [-0.05, 0) is 29.4 Å². The number of hydrogen-bond acceptors (Lipinski definition) is 1. The van der Waals surface area contributed by atoms with E-state index in [0.717, 1.165) is 18.8 Å². The first-order valence-electron chi connectivity index (χ1n) is 15.9. The molecule has 0 unspecified atom stereocenters. The molecule has 0 fully saturated rings. The van der Waals surface area contributed by atoms with E-state index in [2.05, 4.69) is 43.7 Å². The molecule has 5 aromatic carbocycles. The van der Waals surface area contributed by atoms with E-state index >= 15 is 35.1 Å². The Bertz CT molecular complexity index is 2060. The average Bonchev–Trinajstić information content (AvgIpc) is 3.20. The molecule has 5 rings (SSSR count). The van der Waals surface area contributed by atoms with Crippen LogP contribution in [-0.4, -0.2) is 25.3 Å². The summed E-state index contributed by atoms with van der Waals surface area (Å²) in [6.07, 6.45) is -1.62. The summed E-state index contributed by atoms with van der Waals surface area (Å²) in [7, 11) is 0.481.